The van der Waals surface area contributed by atoms with E-state index in [4.69, 9.17) is 0 Å². The fourth-order valence-corrected chi connectivity index (χ4v) is 9.64. The molecule has 0 spiro atoms. The van der Waals surface area contributed by atoms with Crippen molar-refractivity contribution in [3.05, 3.63) is 114 Å². The Hall–Kier alpha value is -2.08. The quantitative estimate of drug-likeness (QED) is 0.0273. The van der Waals surface area contributed by atoms with Crippen LogP contribution < -0.4 is 0 Å². The molecule has 0 N–H and O–H groups in total. The van der Waals surface area contributed by atoms with Crippen molar-refractivity contribution in [3.63, 3.8) is 0 Å². The summed E-state index contributed by atoms with van der Waals surface area (Å²) >= 11 is 0. The van der Waals surface area contributed by atoms with Gasteiger partial charge in [-0.3, -0.25) is 0 Å². The van der Waals surface area contributed by atoms with Crippen molar-refractivity contribution in [2.75, 3.05) is 0 Å². The van der Waals surface area contributed by atoms with Gasteiger partial charge in [0.1, 0.15) is 0 Å². The molecule has 414 valence electrons. The molecule has 2 aromatic carbocycles. The van der Waals surface area contributed by atoms with Gasteiger partial charge in [0.05, 0.1) is 5.57 Å². The summed E-state index contributed by atoms with van der Waals surface area (Å²) in [4.78, 5) is 0. The Labute approximate surface area is 464 Å². The molecule has 2 aromatic rings. The van der Waals surface area contributed by atoms with Gasteiger partial charge in [0.2, 0.25) is 11.4 Å². The first-order chi connectivity index (χ1) is 35.0. The van der Waals surface area contributed by atoms with Crippen molar-refractivity contribution in [3.8, 4) is 0 Å². The first-order valence-electron chi connectivity index (χ1n) is 31.4. The third kappa shape index (κ3) is 38.5. The second-order valence-electron chi connectivity index (χ2n) is 21.5. The number of hydrogen-bond acceptors (Lipinski definition) is 0. The smallest absolute Gasteiger partial charge is 0.493 e. The SMILES string of the molecule is CCCCCCCCCCCCCCCCCCCCCCCCCCCC=CC1=C(c2ccc(CCCCCCCC)cc2)[N+](=[N-])C(c2ccc(CCCCCCCC)cc2)=C1.[CH2-]CCC.[CH2-]CCC.[Pd+2]. The van der Waals surface area contributed by atoms with Gasteiger partial charge in [-0.15, -0.1) is 0 Å². The van der Waals surface area contributed by atoms with Gasteiger partial charge in [-0.2, -0.15) is 12.8 Å². The predicted octanol–water partition coefficient (Wildman–Crippen LogP) is 24.2. The number of benzene rings is 2. The standard InChI is InChI=1S/C61H100N2.2C4H9.Pd/c1-4-7-10-13-16-17-18-19-20-21-22-23-24-25-26-27-28-29-30-31-32-33-34-35-36-39-42-45-59-54-60(57-50-46-55(47-51-57)43-40-37-14-11-8-5-2)63(62)61(59)58-52-48-56(49-53-58)44-41-38-15-12-9-6-3;2*1-3-4-2;/h42,45-54H,4-41,43-44H2,1-3H3;2*1,3-4H2,2H3;/q;2*-1;+2. The Bertz CT molecular complexity index is 1540. The summed E-state index contributed by atoms with van der Waals surface area (Å²) in [6, 6.07) is 17.9. The number of nitrogens with zero attached hydrogens (tertiary/aromatic N) is 2. The van der Waals surface area contributed by atoms with Crippen LogP contribution in [0.3, 0.4) is 0 Å². The molecule has 0 amide bonds. The summed E-state index contributed by atoms with van der Waals surface area (Å²) < 4.78 is 1.45. The van der Waals surface area contributed by atoms with Crippen LogP contribution in [0.15, 0.2) is 72.3 Å². The Balaban J connectivity index is 0.00000519. The van der Waals surface area contributed by atoms with Gasteiger partial charge < -0.3 is 19.4 Å². The Morgan fingerprint density at radius 3 is 0.958 bits per heavy atom. The molecule has 72 heavy (non-hydrogen) atoms. The van der Waals surface area contributed by atoms with Crippen LogP contribution in [0.4, 0.5) is 0 Å². The van der Waals surface area contributed by atoms with E-state index in [-0.39, 0.29) is 20.4 Å². The molecule has 0 fully saturated rings. The van der Waals surface area contributed by atoms with E-state index in [1.54, 1.807) is 0 Å². The zero-order chi connectivity index (χ0) is 51.5. The largest absolute Gasteiger partial charge is 2.00 e. The molecular formula is C69H118N2Pd. The van der Waals surface area contributed by atoms with Crippen LogP contribution in [0.1, 0.15) is 327 Å². The zero-order valence-corrected chi connectivity index (χ0v) is 50.1. The van der Waals surface area contributed by atoms with Crippen LogP contribution >= 0.6 is 0 Å². The first kappa shape index (κ1) is 69.9. The summed E-state index contributed by atoms with van der Waals surface area (Å²) in [6.45, 7) is 18.3. The fourth-order valence-electron chi connectivity index (χ4n) is 9.64. The van der Waals surface area contributed by atoms with Crippen molar-refractivity contribution < 1.29 is 25.1 Å². The van der Waals surface area contributed by atoms with Gasteiger partial charge in [0.25, 0.3) is 0 Å². The summed E-state index contributed by atoms with van der Waals surface area (Å²) in [6.07, 6.45) is 66.4. The molecule has 0 aromatic heterocycles. The Morgan fingerprint density at radius 2 is 0.653 bits per heavy atom. The second-order valence-corrected chi connectivity index (χ2v) is 21.5. The van der Waals surface area contributed by atoms with E-state index >= 15 is 0 Å². The maximum atomic E-state index is 11.7. The van der Waals surface area contributed by atoms with Crippen LogP contribution in [-0.4, -0.2) is 4.70 Å². The van der Waals surface area contributed by atoms with Gasteiger partial charge in [-0.05, 0) is 73.9 Å². The zero-order valence-electron chi connectivity index (χ0n) is 48.6. The molecule has 0 atom stereocenters. The van der Waals surface area contributed by atoms with Crippen LogP contribution in [0.2, 0.25) is 0 Å². The number of hydrogen-bond donors (Lipinski definition) is 0. The molecule has 0 aliphatic carbocycles. The summed E-state index contributed by atoms with van der Waals surface area (Å²) in [5.41, 5.74) is 19.6. The van der Waals surface area contributed by atoms with E-state index in [1.807, 2.05) is 0 Å². The molecule has 2 nitrogen and oxygen atoms in total. The van der Waals surface area contributed by atoms with Gasteiger partial charge in [0, 0.05) is 17.2 Å². The van der Waals surface area contributed by atoms with Crippen molar-refractivity contribution in [2.45, 2.75) is 317 Å². The third-order valence-corrected chi connectivity index (χ3v) is 14.6. The number of allylic oxidation sites excluding steroid dienone is 4. The molecule has 0 saturated carbocycles. The number of unbranched alkanes of at least 4 members (excludes halogenated alkanes) is 37. The predicted molar refractivity (Wildman–Crippen MR) is 321 cm³/mol. The molecule has 3 heteroatoms. The molecule has 0 bridgehead atoms. The van der Waals surface area contributed by atoms with E-state index in [2.05, 4.69) is 115 Å². The minimum Gasteiger partial charge on any atom is -0.493 e. The second kappa shape index (κ2) is 53.7. The van der Waals surface area contributed by atoms with Crippen molar-refractivity contribution in [2.24, 2.45) is 0 Å². The minimum absolute atomic E-state index is 0. The maximum absolute atomic E-state index is 11.7. The maximum Gasteiger partial charge on any atom is 2.00 e. The molecule has 1 heterocycles. The molecule has 3 rings (SSSR count). The monoisotopic (exact) mass is 1080 g/mol. The van der Waals surface area contributed by atoms with Crippen molar-refractivity contribution in [1.29, 1.82) is 0 Å². The molecule has 1 aliphatic rings. The molecule has 0 unspecified atom stereocenters. The number of aryl methyl sites for hydroxylation is 2. The summed E-state index contributed by atoms with van der Waals surface area (Å²) in [7, 11) is 0. The summed E-state index contributed by atoms with van der Waals surface area (Å²) in [5, 5.41) is 0. The van der Waals surface area contributed by atoms with Crippen LogP contribution in [-0.2, 0) is 33.3 Å². The van der Waals surface area contributed by atoms with E-state index in [0.29, 0.717) is 0 Å². The first-order valence-corrected chi connectivity index (χ1v) is 31.4. The number of rotatable bonds is 45. The molecule has 1 aliphatic heterocycles. The average Bonchev–Trinajstić information content (AvgIpc) is 3.73. The minimum atomic E-state index is 0. The third-order valence-electron chi connectivity index (χ3n) is 14.6. The van der Waals surface area contributed by atoms with Crippen molar-refractivity contribution >= 4 is 11.4 Å². The van der Waals surface area contributed by atoms with Crippen molar-refractivity contribution in [1.82, 2.24) is 0 Å². The van der Waals surface area contributed by atoms with E-state index in [1.165, 1.54) is 266 Å². The Kier molecular flexibility index (Phi) is 52.2. The summed E-state index contributed by atoms with van der Waals surface area (Å²) in [5.74, 6) is 0. The van der Waals surface area contributed by atoms with Crippen LogP contribution in [0, 0.1) is 13.8 Å². The van der Waals surface area contributed by atoms with E-state index in [9.17, 15) is 5.53 Å². The van der Waals surface area contributed by atoms with Gasteiger partial charge >= 0.3 is 20.4 Å². The fraction of sp³-hybridized carbons (Fsp3) is 0.710. The van der Waals surface area contributed by atoms with Crippen LogP contribution in [0.5, 0.6) is 0 Å². The molecule has 0 saturated heterocycles. The van der Waals surface area contributed by atoms with Gasteiger partial charge in [-0.25, -0.2) is 4.70 Å². The molecular weight excluding hydrogens is 963 g/mol. The van der Waals surface area contributed by atoms with Gasteiger partial charge in [0.15, 0.2) is 0 Å². The van der Waals surface area contributed by atoms with E-state index < -0.39 is 0 Å². The van der Waals surface area contributed by atoms with E-state index in [0.717, 1.165) is 60.2 Å². The molecule has 0 radical (unpaired) electrons. The normalized spacial score (nSPS) is 12.2. The van der Waals surface area contributed by atoms with Crippen LogP contribution in [0.25, 0.3) is 16.9 Å². The van der Waals surface area contributed by atoms with Gasteiger partial charge in [-0.1, -0.05) is 302 Å². The average molecular weight is 1080 g/mol. The Morgan fingerprint density at radius 1 is 0.375 bits per heavy atom. The topological polar surface area (TPSA) is 25.3 Å².